The first-order valence-electron chi connectivity index (χ1n) is 13.6. The van der Waals surface area contributed by atoms with Gasteiger partial charge < -0.3 is 24.4 Å². The summed E-state index contributed by atoms with van der Waals surface area (Å²) in [7, 11) is 1.59. The molecule has 0 saturated carbocycles. The lowest BCUT2D eigenvalue weighted by Gasteiger charge is -2.28. The molecule has 8 nitrogen and oxygen atoms in total. The number of hydrogen-bond acceptors (Lipinski definition) is 7. The summed E-state index contributed by atoms with van der Waals surface area (Å²) in [4.78, 5) is 19.2. The van der Waals surface area contributed by atoms with Crippen LogP contribution in [0.2, 0.25) is 5.02 Å². The van der Waals surface area contributed by atoms with E-state index in [4.69, 9.17) is 30.8 Å². The monoisotopic (exact) mass is 564 g/mol. The van der Waals surface area contributed by atoms with Crippen LogP contribution in [0.4, 0.5) is 10.5 Å². The Kier molecular flexibility index (Phi) is 9.39. The van der Waals surface area contributed by atoms with Crippen molar-refractivity contribution in [3.63, 3.8) is 0 Å². The van der Waals surface area contributed by atoms with Crippen LogP contribution in [-0.2, 0) is 29.0 Å². The number of halogens is 1. The van der Waals surface area contributed by atoms with E-state index in [-0.39, 0.29) is 12.1 Å². The molecule has 9 heteroatoms. The zero-order valence-electron chi connectivity index (χ0n) is 23.8. The topological polar surface area (TPSA) is 96.7 Å². The summed E-state index contributed by atoms with van der Waals surface area (Å²) in [5.74, 6) is 0.618. The fourth-order valence-electron chi connectivity index (χ4n) is 4.95. The van der Waals surface area contributed by atoms with Gasteiger partial charge in [-0.15, -0.1) is 0 Å². The predicted molar refractivity (Wildman–Crippen MR) is 157 cm³/mol. The Bertz CT molecular complexity index is 1410. The third-order valence-corrected chi connectivity index (χ3v) is 7.19. The molecular weight excluding hydrogens is 528 g/mol. The van der Waals surface area contributed by atoms with Crippen molar-refractivity contribution in [3.05, 3.63) is 63.8 Å². The first-order valence-corrected chi connectivity index (χ1v) is 14.0. The first-order chi connectivity index (χ1) is 19.1. The number of pyridine rings is 1. The minimum Gasteiger partial charge on any atom is -0.495 e. The highest BCUT2D eigenvalue weighted by Crippen LogP contribution is 2.32. The molecule has 1 aromatic heterocycles. The van der Waals surface area contributed by atoms with Gasteiger partial charge in [0.05, 0.1) is 54.2 Å². The number of benzene rings is 2. The van der Waals surface area contributed by atoms with E-state index in [2.05, 4.69) is 18.3 Å². The van der Waals surface area contributed by atoms with Crippen LogP contribution in [0.1, 0.15) is 62.8 Å². The van der Waals surface area contributed by atoms with Crippen molar-refractivity contribution in [2.75, 3.05) is 25.6 Å². The molecule has 4 rings (SSSR count). The molecule has 1 aliphatic rings. The van der Waals surface area contributed by atoms with Gasteiger partial charge in [0, 0.05) is 30.2 Å². The molecule has 1 saturated heterocycles. The van der Waals surface area contributed by atoms with Crippen LogP contribution in [-0.4, -0.2) is 47.9 Å². The lowest BCUT2D eigenvalue weighted by atomic mass is 10.0. The fraction of sp³-hybridized carbons (Fsp3) is 0.452. The Balaban J connectivity index is 1.58. The average Bonchev–Trinajstić information content (AvgIpc) is 3.39. The number of amides is 1. The Labute approximate surface area is 241 Å². The highest BCUT2D eigenvalue weighted by molar-refractivity contribution is 6.32. The van der Waals surface area contributed by atoms with Gasteiger partial charge in [-0.3, -0.25) is 4.98 Å². The molecule has 0 spiro atoms. The second-order valence-electron chi connectivity index (χ2n) is 11.0. The van der Waals surface area contributed by atoms with E-state index in [1.165, 1.54) is 0 Å². The summed E-state index contributed by atoms with van der Waals surface area (Å²) < 4.78 is 17.1. The molecule has 1 N–H and O–H groups in total. The summed E-state index contributed by atoms with van der Waals surface area (Å²) in [6.45, 7) is 9.52. The van der Waals surface area contributed by atoms with Crippen molar-refractivity contribution >= 4 is 34.3 Å². The van der Waals surface area contributed by atoms with Crippen molar-refractivity contribution < 1.29 is 19.0 Å². The number of ether oxygens (including phenoxy) is 3. The van der Waals surface area contributed by atoms with Crippen LogP contribution in [0, 0.1) is 11.3 Å². The van der Waals surface area contributed by atoms with Crippen LogP contribution >= 0.6 is 11.6 Å². The summed E-state index contributed by atoms with van der Waals surface area (Å²) in [5, 5.41) is 14.6. The molecule has 40 heavy (non-hydrogen) atoms. The lowest BCUT2D eigenvalue weighted by molar-refractivity contribution is 0.00885. The number of aryl methyl sites for hydroxylation is 1. The van der Waals surface area contributed by atoms with Crippen molar-refractivity contribution in [1.29, 1.82) is 5.26 Å². The third kappa shape index (κ3) is 6.96. The standard InChI is InChI=1S/C31H37ClN4O4/c1-6-22-12-21(15-33)13-25-28(22)35-17-23(29(25)34-16-20-9-10-27(38-5)26(32)14-20)18-39-19-24-8-7-11-36(24)30(37)40-31(2,3)4/h9-10,12-14,17,24H,6-8,11,16,18-19H2,1-5H3,(H,34,35)/t24-/m0/s1. The summed E-state index contributed by atoms with van der Waals surface area (Å²) >= 11 is 6.36. The van der Waals surface area contributed by atoms with E-state index in [0.29, 0.717) is 42.6 Å². The largest absolute Gasteiger partial charge is 0.495 e. The Morgan fingerprint density at radius 1 is 1.25 bits per heavy atom. The third-order valence-electron chi connectivity index (χ3n) is 6.90. The van der Waals surface area contributed by atoms with Gasteiger partial charge in [-0.1, -0.05) is 24.6 Å². The number of carbonyl (C=O) groups is 1. The first kappa shape index (κ1) is 29.4. The smallest absolute Gasteiger partial charge is 0.410 e. The van der Waals surface area contributed by atoms with Crippen LogP contribution < -0.4 is 10.1 Å². The van der Waals surface area contributed by atoms with Gasteiger partial charge in [0.1, 0.15) is 11.4 Å². The Morgan fingerprint density at radius 3 is 2.73 bits per heavy atom. The number of likely N-dealkylation sites (tertiary alicyclic amines) is 1. The molecule has 212 valence electrons. The van der Waals surface area contributed by atoms with Crippen LogP contribution in [0.15, 0.2) is 36.5 Å². The van der Waals surface area contributed by atoms with Gasteiger partial charge in [-0.05, 0) is 75.4 Å². The van der Waals surface area contributed by atoms with Crippen molar-refractivity contribution in [2.45, 2.75) is 71.8 Å². The zero-order chi connectivity index (χ0) is 28.9. The van der Waals surface area contributed by atoms with E-state index in [1.807, 2.05) is 57.3 Å². The van der Waals surface area contributed by atoms with Crippen LogP contribution in [0.3, 0.4) is 0 Å². The maximum Gasteiger partial charge on any atom is 0.410 e. The molecule has 2 aromatic carbocycles. The normalized spacial score (nSPS) is 15.2. The van der Waals surface area contributed by atoms with Crippen LogP contribution in [0.5, 0.6) is 5.75 Å². The van der Waals surface area contributed by atoms with E-state index >= 15 is 0 Å². The number of aromatic nitrogens is 1. The van der Waals surface area contributed by atoms with E-state index in [1.54, 1.807) is 12.0 Å². The molecule has 0 bridgehead atoms. The lowest BCUT2D eigenvalue weighted by Crippen LogP contribution is -2.41. The molecule has 1 amide bonds. The van der Waals surface area contributed by atoms with E-state index < -0.39 is 5.60 Å². The number of hydrogen-bond donors (Lipinski definition) is 1. The van der Waals surface area contributed by atoms with Gasteiger partial charge in [-0.2, -0.15) is 5.26 Å². The number of nitrogens with zero attached hydrogens (tertiary/aromatic N) is 3. The predicted octanol–water partition coefficient (Wildman–Crippen LogP) is 6.86. The summed E-state index contributed by atoms with van der Waals surface area (Å²) in [6, 6.07) is 11.7. The Hall–Kier alpha value is -3.54. The molecule has 0 unspecified atom stereocenters. The number of fused-ring (bicyclic) bond motifs is 1. The highest BCUT2D eigenvalue weighted by atomic mass is 35.5. The summed E-state index contributed by atoms with van der Waals surface area (Å²) in [6.07, 6.45) is 4.06. The van der Waals surface area contributed by atoms with Gasteiger partial charge >= 0.3 is 6.09 Å². The second kappa shape index (κ2) is 12.8. The Morgan fingerprint density at radius 2 is 2.05 bits per heavy atom. The molecule has 1 atom stereocenters. The molecule has 0 aliphatic carbocycles. The quantitative estimate of drug-likeness (QED) is 0.303. The van der Waals surface area contributed by atoms with Gasteiger partial charge in [-0.25, -0.2) is 4.79 Å². The summed E-state index contributed by atoms with van der Waals surface area (Å²) in [5.41, 5.74) is 4.61. The molecule has 1 aliphatic heterocycles. The molecule has 2 heterocycles. The number of rotatable bonds is 9. The number of nitriles is 1. The van der Waals surface area contributed by atoms with Crippen molar-refractivity contribution in [1.82, 2.24) is 9.88 Å². The zero-order valence-corrected chi connectivity index (χ0v) is 24.6. The fourth-order valence-corrected chi connectivity index (χ4v) is 5.24. The minimum atomic E-state index is -0.545. The number of methoxy groups -OCH3 is 1. The maximum atomic E-state index is 12.7. The van der Waals surface area contributed by atoms with Crippen molar-refractivity contribution in [2.24, 2.45) is 0 Å². The van der Waals surface area contributed by atoms with E-state index in [0.717, 1.165) is 52.5 Å². The van der Waals surface area contributed by atoms with E-state index in [9.17, 15) is 10.1 Å². The molecule has 1 fully saturated rings. The van der Waals surface area contributed by atoms with Gasteiger partial charge in [0.2, 0.25) is 0 Å². The van der Waals surface area contributed by atoms with Crippen LogP contribution in [0.25, 0.3) is 10.9 Å². The van der Waals surface area contributed by atoms with Crippen molar-refractivity contribution in [3.8, 4) is 11.8 Å². The number of anilines is 1. The van der Waals surface area contributed by atoms with Gasteiger partial charge in [0.25, 0.3) is 0 Å². The number of carbonyl (C=O) groups excluding carboxylic acids is 1. The maximum absolute atomic E-state index is 12.7. The molecule has 0 radical (unpaired) electrons. The highest BCUT2D eigenvalue weighted by Gasteiger charge is 2.32. The second-order valence-corrected chi connectivity index (χ2v) is 11.4. The minimum absolute atomic E-state index is 0.0435. The molecular formula is C31H37ClN4O4. The molecule has 3 aromatic rings. The SMILES string of the molecule is CCc1cc(C#N)cc2c(NCc3ccc(OC)c(Cl)c3)c(COC[C@@H]3CCCN3C(=O)OC(C)(C)C)cnc12. The average molecular weight is 565 g/mol. The number of nitrogens with one attached hydrogen (secondary N) is 1. The van der Waals surface area contributed by atoms with Gasteiger partial charge in [0.15, 0.2) is 0 Å².